The van der Waals surface area contributed by atoms with Crippen molar-refractivity contribution < 1.29 is 9.90 Å². The number of hydrogen-bond acceptors (Lipinski definition) is 2. The van der Waals surface area contributed by atoms with Gasteiger partial charge in [0.1, 0.15) is 4.75 Å². The fraction of sp³-hybridized carbons (Fsp3) is 0.857. The molecule has 0 aromatic carbocycles. The highest BCUT2D eigenvalue weighted by atomic mass is 32.1. The largest absolute Gasteiger partial charge is 0.480 e. The first-order valence-corrected chi connectivity index (χ1v) is 3.91. The average molecular weight is 162 g/mol. The van der Waals surface area contributed by atoms with Gasteiger partial charge in [-0.25, -0.2) is 0 Å². The van der Waals surface area contributed by atoms with Crippen LogP contribution < -0.4 is 0 Å². The highest BCUT2D eigenvalue weighted by Gasteiger charge is 2.26. The number of carbonyl (C=O) groups is 1. The first kappa shape index (κ1) is 9.82. The van der Waals surface area contributed by atoms with Crippen molar-refractivity contribution in [3.05, 3.63) is 0 Å². The summed E-state index contributed by atoms with van der Waals surface area (Å²) in [5, 5.41) is 8.59. The first-order chi connectivity index (χ1) is 4.50. The van der Waals surface area contributed by atoms with Crippen molar-refractivity contribution in [2.24, 2.45) is 0 Å². The van der Waals surface area contributed by atoms with Gasteiger partial charge in [0.25, 0.3) is 0 Å². The molecule has 2 nitrogen and oxygen atoms in total. The van der Waals surface area contributed by atoms with Gasteiger partial charge in [0.05, 0.1) is 0 Å². The number of unbranched alkanes of at least 4 members (excludes halogenated alkanes) is 1. The molecule has 0 aliphatic rings. The maximum atomic E-state index is 10.5. The van der Waals surface area contributed by atoms with E-state index in [1.165, 1.54) is 0 Å². The number of aliphatic carboxylic acids is 1. The van der Waals surface area contributed by atoms with E-state index in [4.69, 9.17) is 5.11 Å². The van der Waals surface area contributed by atoms with Crippen molar-refractivity contribution in [2.75, 3.05) is 0 Å². The maximum Gasteiger partial charge on any atom is 0.319 e. The van der Waals surface area contributed by atoms with Crippen LogP contribution in [0, 0.1) is 0 Å². The van der Waals surface area contributed by atoms with Crippen LogP contribution in [0.5, 0.6) is 0 Å². The number of thiol groups is 1. The molecule has 0 aliphatic heterocycles. The van der Waals surface area contributed by atoms with Crippen LogP contribution in [0.2, 0.25) is 0 Å². The van der Waals surface area contributed by atoms with Crippen molar-refractivity contribution in [2.45, 2.75) is 37.9 Å². The molecule has 0 radical (unpaired) electrons. The van der Waals surface area contributed by atoms with Gasteiger partial charge in [-0.05, 0) is 13.3 Å². The second-order valence-corrected chi connectivity index (χ2v) is 3.67. The average Bonchev–Trinajstić information content (AvgIpc) is 1.84. The molecule has 0 aromatic rings. The number of carboxylic acid groups (broad SMARTS) is 1. The third kappa shape index (κ3) is 3.11. The van der Waals surface area contributed by atoms with E-state index in [0.717, 1.165) is 12.8 Å². The molecule has 0 fully saturated rings. The third-order valence-electron chi connectivity index (χ3n) is 1.48. The first-order valence-electron chi connectivity index (χ1n) is 3.46. The summed E-state index contributed by atoms with van der Waals surface area (Å²) in [4.78, 5) is 10.5. The summed E-state index contributed by atoms with van der Waals surface area (Å²) in [5.41, 5.74) is 0. The Morgan fingerprint density at radius 3 is 2.50 bits per heavy atom. The summed E-state index contributed by atoms with van der Waals surface area (Å²) in [7, 11) is 0. The molecule has 10 heavy (non-hydrogen) atoms. The molecule has 1 unspecified atom stereocenters. The van der Waals surface area contributed by atoms with Crippen LogP contribution in [-0.2, 0) is 4.79 Å². The molecule has 0 heterocycles. The Balaban J connectivity index is 3.75. The number of hydrogen-bond donors (Lipinski definition) is 2. The highest BCUT2D eigenvalue weighted by molar-refractivity contribution is 7.82. The molecule has 0 aromatic heterocycles. The van der Waals surface area contributed by atoms with Gasteiger partial charge < -0.3 is 5.11 Å². The second kappa shape index (κ2) is 3.86. The zero-order valence-electron chi connectivity index (χ0n) is 6.42. The van der Waals surface area contributed by atoms with E-state index < -0.39 is 10.7 Å². The Morgan fingerprint density at radius 2 is 2.20 bits per heavy atom. The van der Waals surface area contributed by atoms with E-state index in [1.807, 2.05) is 6.92 Å². The summed E-state index contributed by atoms with van der Waals surface area (Å²) < 4.78 is -0.837. The Labute approximate surface area is 67.0 Å². The number of rotatable bonds is 4. The molecule has 0 rings (SSSR count). The molecule has 1 atom stereocenters. The minimum absolute atomic E-state index is 0.641. The Kier molecular flexibility index (Phi) is 3.79. The highest BCUT2D eigenvalue weighted by Crippen LogP contribution is 2.21. The predicted octanol–water partition coefficient (Wildman–Crippen LogP) is 1.95. The lowest BCUT2D eigenvalue weighted by molar-refractivity contribution is -0.139. The van der Waals surface area contributed by atoms with Gasteiger partial charge in [-0.3, -0.25) is 4.79 Å². The summed E-state index contributed by atoms with van der Waals surface area (Å²) in [5.74, 6) is -0.829. The maximum absolute atomic E-state index is 10.5. The monoisotopic (exact) mass is 162 g/mol. The normalized spacial score (nSPS) is 16.3. The van der Waals surface area contributed by atoms with Crippen molar-refractivity contribution >= 4 is 18.6 Å². The molecular formula is C7H14O2S. The lowest BCUT2D eigenvalue weighted by Crippen LogP contribution is -2.28. The van der Waals surface area contributed by atoms with Gasteiger partial charge >= 0.3 is 5.97 Å². The van der Waals surface area contributed by atoms with E-state index in [9.17, 15) is 4.79 Å². The molecule has 0 bridgehead atoms. The third-order valence-corrected chi connectivity index (χ3v) is 1.89. The fourth-order valence-corrected chi connectivity index (χ4v) is 0.786. The van der Waals surface area contributed by atoms with E-state index in [2.05, 4.69) is 12.6 Å². The van der Waals surface area contributed by atoms with Gasteiger partial charge in [-0.15, -0.1) is 0 Å². The topological polar surface area (TPSA) is 37.3 Å². The minimum Gasteiger partial charge on any atom is -0.480 e. The Bertz CT molecular complexity index is 121. The lowest BCUT2D eigenvalue weighted by Gasteiger charge is -2.16. The quantitative estimate of drug-likeness (QED) is 0.620. The summed E-state index contributed by atoms with van der Waals surface area (Å²) in [6, 6.07) is 0. The van der Waals surface area contributed by atoms with Crippen molar-refractivity contribution in [1.29, 1.82) is 0 Å². The van der Waals surface area contributed by atoms with Crippen molar-refractivity contribution in [1.82, 2.24) is 0 Å². The fourth-order valence-electron chi connectivity index (χ4n) is 0.628. The van der Waals surface area contributed by atoms with Gasteiger partial charge in [0.15, 0.2) is 0 Å². The van der Waals surface area contributed by atoms with Crippen LogP contribution in [0.15, 0.2) is 0 Å². The molecule has 3 heteroatoms. The summed E-state index contributed by atoms with van der Waals surface area (Å²) in [6.45, 7) is 3.67. The van der Waals surface area contributed by atoms with Crippen LogP contribution in [0.4, 0.5) is 0 Å². The molecule has 1 N–H and O–H groups in total. The van der Waals surface area contributed by atoms with E-state index in [-0.39, 0.29) is 0 Å². The molecule has 0 saturated carbocycles. The van der Waals surface area contributed by atoms with Crippen LogP contribution in [-0.4, -0.2) is 15.8 Å². The second-order valence-electron chi connectivity index (χ2n) is 2.68. The van der Waals surface area contributed by atoms with E-state index in [0.29, 0.717) is 6.42 Å². The molecule has 0 saturated heterocycles. The van der Waals surface area contributed by atoms with Crippen molar-refractivity contribution in [3.63, 3.8) is 0 Å². The zero-order valence-corrected chi connectivity index (χ0v) is 7.32. The molecule has 0 spiro atoms. The van der Waals surface area contributed by atoms with Crippen LogP contribution in [0.25, 0.3) is 0 Å². The van der Waals surface area contributed by atoms with Gasteiger partial charge in [0, 0.05) is 0 Å². The van der Waals surface area contributed by atoms with Gasteiger partial charge in [-0.2, -0.15) is 12.6 Å². The smallest absolute Gasteiger partial charge is 0.319 e. The van der Waals surface area contributed by atoms with Gasteiger partial charge in [0.2, 0.25) is 0 Å². The van der Waals surface area contributed by atoms with Gasteiger partial charge in [-0.1, -0.05) is 19.8 Å². The SMILES string of the molecule is CCCCC(C)(S)C(=O)O. The van der Waals surface area contributed by atoms with Crippen LogP contribution >= 0.6 is 12.6 Å². The Hall–Kier alpha value is -0.180. The summed E-state index contributed by atoms with van der Waals surface area (Å²) >= 11 is 4.02. The zero-order chi connectivity index (χ0) is 8.20. The van der Waals surface area contributed by atoms with E-state index in [1.54, 1.807) is 6.92 Å². The lowest BCUT2D eigenvalue weighted by atomic mass is 10.0. The van der Waals surface area contributed by atoms with E-state index >= 15 is 0 Å². The minimum atomic E-state index is -0.837. The van der Waals surface area contributed by atoms with Crippen molar-refractivity contribution in [3.8, 4) is 0 Å². The number of carboxylic acids is 1. The standard InChI is InChI=1S/C7H14O2S/c1-3-4-5-7(2,10)6(8)9/h10H,3-5H2,1-2H3,(H,8,9). The summed E-state index contributed by atoms with van der Waals surface area (Å²) in [6.07, 6.45) is 2.58. The molecule has 60 valence electrons. The molecule has 0 aliphatic carbocycles. The van der Waals surface area contributed by atoms with Crippen LogP contribution in [0.3, 0.4) is 0 Å². The molecular weight excluding hydrogens is 148 g/mol. The Morgan fingerprint density at radius 1 is 1.70 bits per heavy atom. The van der Waals surface area contributed by atoms with Crippen LogP contribution in [0.1, 0.15) is 33.1 Å². The molecule has 0 amide bonds. The predicted molar refractivity (Wildman–Crippen MR) is 44.6 cm³/mol.